The molecule has 0 saturated carbocycles. The van der Waals surface area contributed by atoms with E-state index in [2.05, 4.69) is 0 Å². The van der Waals surface area contributed by atoms with Crippen LogP contribution < -0.4 is 4.90 Å². The fourth-order valence-corrected chi connectivity index (χ4v) is 2.22. The number of anilines is 1. The molecule has 1 aliphatic heterocycles. The van der Waals surface area contributed by atoms with Crippen molar-refractivity contribution in [3.63, 3.8) is 0 Å². The summed E-state index contributed by atoms with van der Waals surface area (Å²) in [6, 6.07) is 4.89. The van der Waals surface area contributed by atoms with Crippen LogP contribution in [0.2, 0.25) is 0 Å². The van der Waals surface area contributed by atoms with Gasteiger partial charge in [-0.3, -0.25) is 9.69 Å². The van der Waals surface area contributed by atoms with Gasteiger partial charge >= 0.3 is 5.97 Å². The first-order valence-electron chi connectivity index (χ1n) is 5.63. The van der Waals surface area contributed by atoms with Gasteiger partial charge in [-0.15, -0.1) is 0 Å². The molecule has 1 heterocycles. The molecule has 4 nitrogen and oxygen atoms in total. The van der Waals surface area contributed by atoms with Gasteiger partial charge in [0.05, 0.1) is 0 Å². The number of carboxylic acids is 1. The molecular formula is C13H15NO3. The minimum absolute atomic E-state index is 0.105. The van der Waals surface area contributed by atoms with E-state index in [9.17, 15) is 9.59 Å². The molecule has 1 unspecified atom stereocenters. The van der Waals surface area contributed by atoms with Crippen LogP contribution in [0.1, 0.15) is 24.0 Å². The van der Waals surface area contributed by atoms with Crippen molar-refractivity contribution in [2.24, 2.45) is 0 Å². The fraction of sp³-hybridized carbons (Fsp3) is 0.385. The molecule has 1 fully saturated rings. The zero-order chi connectivity index (χ0) is 12.6. The van der Waals surface area contributed by atoms with Crippen molar-refractivity contribution in [2.75, 3.05) is 4.90 Å². The third kappa shape index (κ3) is 1.90. The maximum Gasteiger partial charge on any atom is 0.326 e. The molecule has 0 bridgehead atoms. The monoisotopic (exact) mass is 233 g/mol. The number of carbonyl (C=O) groups is 2. The summed E-state index contributed by atoms with van der Waals surface area (Å²) in [6.07, 6.45) is 0.700. The van der Waals surface area contributed by atoms with Crippen LogP contribution in [0.4, 0.5) is 5.69 Å². The quantitative estimate of drug-likeness (QED) is 0.848. The largest absolute Gasteiger partial charge is 0.480 e. The Bertz CT molecular complexity index is 482. The van der Waals surface area contributed by atoms with Gasteiger partial charge < -0.3 is 5.11 Å². The third-order valence-corrected chi connectivity index (χ3v) is 3.33. The maximum atomic E-state index is 11.8. The Morgan fingerprint density at radius 1 is 1.41 bits per heavy atom. The number of aryl methyl sites for hydroxylation is 1. The van der Waals surface area contributed by atoms with Crippen molar-refractivity contribution in [3.8, 4) is 0 Å². The number of carbonyl (C=O) groups excluding carboxylic acids is 1. The second kappa shape index (κ2) is 4.20. The molecule has 90 valence electrons. The fourth-order valence-electron chi connectivity index (χ4n) is 2.22. The Morgan fingerprint density at radius 3 is 2.76 bits per heavy atom. The Balaban J connectivity index is 2.47. The molecular weight excluding hydrogens is 218 g/mol. The van der Waals surface area contributed by atoms with E-state index in [0.717, 1.165) is 16.8 Å². The van der Waals surface area contributed by atoms with Crippen LogP contribution in [0.5, 0.6) is 0 Å². The molecule has 0 aliphatic carbocycles. The number of benzene rings is 1. The highest BCUT2D eigenvalue weighted by Crippen LogP contribution is 2.30. The number of carboxylic acid groups (broad SMARTS) is 1. The van der Waals surface area contributed by atoms with E-state index >= 15 is 0 Å². The van der Waals surface area contributed by atoms with E-state index in [1.807, 2.05) is 32.0 Å². The third-order valence-electron chi connectivity index (χ3n) is 3.33. The highest BCUT2D eigenvalue weighted by molar-refractivity contribution is 6.02. The summed E-state index contributed by atoms with van der Waals surface area (Å²) >= 11 is 0. The Labute approximate surface area is 99.9 Å². The summed E-state index contributed by atoms with van der Waals surface area (Å²) in [6.45, 7) is 3.87. The highest BCUT2D eigenvalue weighted by atomic mass is 16.4. The normalized spacial score (nSPS) is 19.8. The van der Waals surface area contributed by atoms with Gasteiger partial charge in [0.1, 0.15) is 6.04 Å². The molecule has 2 rings (SSSR count). The molecule has 1 aromatic carbocycles. The topological polar surface area (TPSA) is 57.6 Å². The molecule has 4 heteroatoms. The van der Waals surface area contributed by atoms with Gasteiger partial charge in [-0.25, -0.2) is 4.79 Å². The number of hydrogen-bond donors (Lipinski definition) is 1. The summed E-state index contributed by atoms with van der Waals surface area (Å²) in [5, 5.41) is 9.13. The van der Waals surface area contributed by atoms with E-state index in [-0.39, 0.29) is 5.91 Å². The zero-order valence-corrected chi connectivity index (χ0v) is 9.93. The Morgan fingerprint density at radius 2 is 2.12 bits per heavy atom. The average Bonchev–Trinajstić information content (AvgIpc) is 2.65. The lowest BCUT2D eigenvalue weighted by Crippen LogP contribution is -2.39. The second-order valence-electron chi connectivity index (χ2n) is 4.38. The maximum absolute atomic E-state index is 11.8. The predicted molar refractivity (Wildman–Crippen MR) is 64.1 cm³/mol. The number of rotatable bonds is 2. The molecule has 1 amide bonds. The van der Waals surface area contributed by atoms with Crippen LogP contribution in [-0.2, 0) is 9.59 Å². The Hall–Kier alpha value is -1.84. The summed E-state index contributed by atoms with van der Waals surface area (Å²) in [7, 11) is 0. The first-order chi connectivity index (χ1) is 8.02. The van der Waals surface area contributed by atoms with Crippen molar-refractivity contribution in [1.29, 1.82) is 0 Å². The van der Waals surface area contributed by atoms with Crippen LogP contribution in [-0.4, -0.2) is 23.0 Å². The predicted octanol–water partition coefficient (Wildman–Crippen LogP) is 1.88. The van der Waals surface area contributed by atoms with Crippen molar-refractivity contribution in [3.05, 3.63) is 29.3 Å². The van der Waals surface area contributed by atoms with E-state index in [1.54, 1.807) is 0 Å². The van der Waals surface area contributed by atoms with Gasteiger partial charge in [0, 0.05) is 12.1 Å². The zero-order valence-electron chi connectivity index (χ0n) is 9.93. The van der Waals surface area contributed by atoms with Gasteiger partial charge in [0.25, 0.3) is 0 Å². The molecule has 0 spiro atoms. The summed E-state index contributed by atoms with van der Waals surface area (Å²) in [5.41, 5.74) is 2.75. The molecule has 17 heavy (non-hydrogen) atoms. The summed E-state index contributed by atoms with van der Waals surface area (Å²) < 4.78 is 0. The molecule has 0 aromatic heterocycles. The van der Waals surface area contributed by atoms with Crippen LogP contribution in [0.3, 0.4) is 0 Å². The van der Waals surface area contributed by atoms with Gasteiger partial charge in [-0.1, -0.05) is 12.1 Å². The van der Waals surface area contributed by atoms with Crippen LogP contribution >= 0.6 is 0 Å². The number of aliphatic carboxylic acids is 1. The number of amides is 1. The standard InChI is InChI=1S/C13H15NO3/c1-8-4-3-5-10(9(8)2)14-11(13(16)17)6-7-12(14)15/h3-5,11H,6-7H2,1-2H3,(H,16,17). The van der Waals surface area contributed by atoms with E-state index < -0.39 is 12.0 Å². The first-order valence-corrected chi connectivity index (χ1v) is 5.63. The lowest BCUT2D eigenvalue weighted by molar-refractivity contribution is -0.138. The molecule has 1 saturated heterocycles. The average molecular weight is 233 g/mol. The SMILES string of the molecule is Cc1cccc(N2C(=O)CCC2C(=O)O)c1C. The van der Waals surface area contributed by atoms with Gasteiger partial charge in [0.15, 0.2) is 0 Å². The number of hydrogen-bond acceptors (Lipinski definition) is 2. The molecule has 1 aliphatic rings. The Kier molecular flexibility index (Phi) is 2.88. The number of nitrogens with zero attached hydrogens (tertiary/aromatic N) is 1. The van der Waals surface area contributed by atoms with E-state index in [0.29, 0.717) is 12.8 Å². The molecule has 1 atom stereocenters. The van der Waals surface area contributed by atoms with Crippen LogP contribution in [0.15, 0.2) is 18.2 Å². The van der Waals surface area contributed by atoms with Crippen LogP contribution in [0.25, 0.3) is 0 Å². The smallest absolute Gasteiger partial charge is 0.326 e. The summed E-state index contributed by atoms with van der Waals surface area (Å²) in [4.78, 5) is 24.4. The van der Waals surface area contributed by atoms with E-state index in [4.69, 9.17) is 5.11 Å². The summed E-state index contributed by atoms with van der Waals surface area (Å²) in [5.74, 6) is -1.04. The second-order valence-corrected chi connectivity index (χ2v) is 4.38. The van der Waals surface area contributed by atoms with Crippen molar-refractivity contribution < 1.29 is 14.7 Å². The van der Waals surface area contributed by atoms with Crippen molar-refractivity contribution in [2.45, 2.75) is 32.7 Å². The minimum atomic E-state index is -0.934. The van der Waals surface area contributed by atoms with Gasteiger partial charge in [-0.2, -0.15) is 0 Å². The lowest BCUT2D eigenvalue weighted by Gasteiger charge is -2.24. The lowest BCUT2D eigenvalue weighted by atomic mass is 10.1. The molecule has 1 N–H and O–H groups in total. The minimum Gasteiger partial charge on any atom is -0.480 e. The van der Waals surface area contributed by atoms with Gasteiger partial charge in [0.2, 0.25) is 5.91 Å². The highest BCUT2D eigenvalue weighted by Gasteiger charge is 2.37. The van der Waals surface area contributed by atoms with Crippen molar-refractivity contribution in [1.82, 2.24) is 0 Å². The van der Waals surface area contributed by atoms with Crippen LogP contribution in [0, 0.1) is 13.8 Å². The van der Waals surface area contributed by atoms with Gasteiger partial charge in [-0.05, 0) is 37.5 Å². The molecule has 1 aromatic rings. The first kappa shape index (κ1) is 11.6. The van der Waals surface area contributed by atoms with Crippen molar-refractivity contribution >= 4 is 17.6 Å². The van der Waals surface area contributed by atoms with E-state index in [1.165, 1.54) is 4.90 Å². The molecule has 0 radical (unpaired) electrons.